The third-order valence-corrected chi connectivity index (χ3v) is 6.54. The van der Waals surface area contributed by atoms with E-state index in [1.165, 1.54) is 12.4 Å². The summed E-state index contributed by atoms with van der Waals surface area (Å²) in [5.74, 6) is 1.40. The molecule has 1 aromatic heterocycles. The molecule has 27 heavy (non-hydrogen) atoms. The van der Waals surface area contributed by atoms with Gasteiger partial charge in [0.1, 0.15) is 0 Å². The van der Waals surface area contributed by atoms with Crippen LogP contribution in [0.1, 0.15) is 6.42 Å². The van der Waals surface area contributed by atoms with Crippen molar-refractivity contribution in [3.05, 3.63) is 30.9 Å². The molecule has 1 N–H and O–H groups in total. The van der Waals surface area contributed by atoms with Gasteiger partial charge in [-0.3, -0.25) is 4.99 Å². The van der Waals surface area contributed by atoms with Gasteiger partial charge in [0.25, 0.3) is 0 Å². The van der Waals surface area contributed by atoms with Crippen LogP contribution in [0.4, 0.5) is 10.3 Å². The topological polar surface area (TPSA) is 90.8 Å². The lowest BCUT2D eigenvalue weighted by atomic mass is 10.1. The van der Waals surface area contributed by atoms with E-state index < -0.39 is 15.7 Å². The molecule has 2 aliphatic heterocycles. The third kappa shape index (κ3) is 5.38. The molecule has 0 spiro atoms. The van der Waals surface area contributed by atoms with Crippen LogP contribution in [0.2, 0.25) is 0 Å². The van der Waals surface area contributed by atoms with Crippen LogP contribution in [-0.2, 0) is 9.84 Å². The number of hydrogen-bond acceptors (Lipinski definition) is 6. The first-order chi connectivity index (χ1) is 13.0. The minimum absolute atomic E-state index is 0.0874. The number of sulfone groups is 1. The van der Waals surface area contributed by atoms with Crippen molar-refractivity contribution in [3.8, 4) is 0 Å². The van der Waals surface area contributed by atoms with E-state index in [1.54, 1.807) is 6.08 Å². The molecule has 3 heterocycles. The maximum atomic E-state index is 13.0. The molecule has 10 heteroatoms. The smallest absolute Gasteiger partial charge is 0.225 e. The molecule has 2 fully saturated rings. The number of nitrogens with zero attached hydrogens (tertiary/aromatic N) is 5. The van der Waals surface area contributed by atoms with Gasteiger partial charge in [0.05, 0.1) is 23.9 Å². The molecule has 3 rings (SSSR count). The summed E-state index contributed by atoms with van der Waals surface area (Å²) < 4.78 is 36.2. The van der Waals surface area contributed by atoms with E-state index in [2.05, 4.69) is 31.8 Å². The number of aliphatic imine (C=N–C) groups is 1. The highest BCUT2D eigenvalue weighted by Gasteiger charge is 2.28. The van der Waals surface area contributed by atoms with Gasteiger partial charge < -0.3 is 15.1 Å². The Balaban J connectivity index is 1.59. The highest BCUT2D eigenvalue weighted by Crippen LogP contribution is 2.19. The summed E-state index contributed by atoms with van der Waals surface area (Å²) in [6.45, 7) is 7.62. The number of hydrogen-bond donors (Lipinski definition) is 1. The Bertz CT molecular complexity index is 775. The molecule has 0 aromatic carbocycles. The first kappa shape index (κ1) is 19.5. The van der Waals surface area contributed by atoms with E-state index in [-0.39, 0.29) is 17.4 Å². The van der Waals surface area contributed by atoms with Gasteiger partial charge in [-0.05, 0) is 12.3 Å². The fraction of sp³-hybridized carbons (Fsp3) is 0.588. The quantitative estimate of drug-likeness (QED) is 0.435. The van der Waals surface area contributed by atoms with Crippen molar-refractivity contribution < 1.29 is 12.8 Å². The van der Waals surface area contributed by atoms with Crippen LogP contribution in [0.25, 0.3) is 0 Å². The summed E-state index contributed by atoms with van der Waals surface area (Å²) >= 11 is 0. The average molecular weight is 396 g/mol. The monoisotopic (exact) mass is 396 g/mol. The second-order valence-corrected chi connectivity index (χ2v) is 9.01. The molecule has 0 saturated carbocycles. The Morgan fingerprint density at radius 1 is 1.33 bits per heavy atom. The van der Waals surface area contributed by atoms with Crippen molar-refractivity contribution in [2.75, 3.05) is 55.7 Å². The molecular weight excluding hydrogens is 371 g/mol. The van der Waals surface area contributed by atoms with Gasteiger partial charge in [-0.25, -0.2) is 22.8 Å². The summed E-state index contributed by atoms with van der Waals surface area (Å²) in [4.78, 5) is 16.9. The first-order valence-corrected chi connectivity index (χ1v) is 10.9. The fourth-order valence-electron chi connectivity index (χ4n) is 3.25. The van der Waals surface area contributed by atoms with Crippen molar-refractivity contribution in [2.24, 2.45) is 10.9 Å². The van der Waals surface area contributed by atoms with Crippen molar-refractivity contribution >= 4 is 21.7 Å². The van der Waals surface area contributed by atoms with Crippen LogP contribution in [0.15, 0.2) is 30.0 Å². The minimum Gasteiger partial charge on any atom is -0.353 e. The number of guanidine groups is 1. The zero-order chi connectivity index (χ0) is 19.3. The highest BCUT2D eigenvalue weighted by atomic mass is 32.2. The van der Waals surface area contributed by atoms with Crippen LogP contribution in [0.5, 0.6) is 0 Å². The second-order valence-electron chi connectivity index (χ2n) is 6.78. The lowest BCUT2D eigenvalue weighted by molar-refractivity contribution is 0.369. The summed E-state index contributed by atoms with van der Waals surface area (Å²) in [6.07, 6.45) is 4.78. The SMILES string of the molecule is C=CCNC(=NCC1CCS(=O)(=O)C1)N1CCN(c2ncc(F)cn2)CC1. The van der Waals surface area contributed by atoms with Crippen LogP contribution >= 0.6 is 0 Å². The zero-order valence-electron chi connectivity index (χ0n) is 15.2. The van der Waals surface area contributed by atoms with Crippen LogP contribution in [-0.4, -0.2) is 80.0 Å². The van der Waals surface area contributed by atoms with Gasteiger partial charge in [0, 0.05) is 39.3 Å². The normalized spacial score (nSPS) is 22.7. The van der Waals surface area contributed by atoms with Gasteiger partial charge >= 0.3 is 0 Å². The van der Waals surface area contributed by atoms with Crippen molar-refractivity contribution in [3.63, 3.8) is 0 Å². The van der Waals surface area contributed by atoms with Gasteiger partial charge in [0.15, 0.2) is 21.6 Å². The lowest BCUT2D eigenvalue weighted by Gasteiger charge is -2.36. The minimum atomic E-state index is -2.89. The Kier molecular flexibility index (Phi) is 6.25. The lowest BCUT2D eigenvalue weighted by Crippen LogP contribution is -2.53. The maximum absolute atomic E-state index is 13.0. The standard InChI is InChI=1S/C17H25FN6O2S/c1-2-4-19-16(20-10-14-3-9-27(25,26)13-14)23-5-7-24(8-6-23)17-21-11-15(18)12-22-17/h2,11-12,14H,1,3-10,13H2,(H,19,20). The van der Waals surface area contributed by atoms with Crippen LogP contribution in [0.3, 0.4) is 0 Å². The summed E-state index contributed by atoms with van der Waals surface area (Å²) in [7, 11) is -2.89. The van der Waals surface area contributed by atoms with E-state index in [1.807, 2.05) is 4.90 Å². The zero-order valence-corrected chi connectivity index (χ0v) is 16.0. The van der Waals surface area contributed by atoms with Crippen molar-refractivity contribution in [1.82, 2.24) is 20.2 Å². The number of piperazine rings is 1. The van der Waals surface area contributed by atoms with Gasteiger partial charge in [0.2, 0.25) is 5.95 Å². The number of rotatable bonds is 5. The Labute approximate surface area is 159 Å². The van der Waals surface area contributed by atoms with E-state index in [9.17, 15) is 12.8 Å². The third-order valence-electron chi connectivity index (χ3n) is 4.70. The molecule has 8 nitrogen and oxygen atoms in total. The van der Waals surface area contributed by atoms with E-state index in [4.69, 9.17) is 0 Å². The van der Waals surface area contributed by atoms with E-state index in [0.717, 1.165) is 5.96 Å². The predicted octanol–water partition coefficient (Wildman–Crippen LogP) is 0.304. The highest BCUT2D eigenvalue weighted by molar-refractivity contribution is 7.91. The molecule has 1 atom stereocenters. The van der Waals surface area contributed by atoms with Crippen LogP contribution < -0.4 is 10.2 Å². The van der Waals surface area contributed by atoms with Crippen molar-refractivity contribution in [1.29, 1.82) is 0 Å². The fourth-order valence-corrected chi connectivity index (χ4v) is 5.10. The largest absolute Gasteiger partial charge is 0.353 e. The average Bonchev–Trinajstić information content (AvgIpc) is 3.02. The Morgan fingerprint density at radius 3 is 2.63 bits per heavy atom. The molecule has 1 aromatic rings. The maximum Gasteiger partial charge on any atom is 0.225 e. The Hall–Kier alpha value is -2.23. The van der Waals surface area contributed by atoms with Crippen molar-refractivity contribution in [2.45, 2.75) is 6.42 Å². The molecule has 1 unspecified atom stereocenters. The molecule has 2 saturated heterocycles. The summed E-state index contributed by atoms with van der Waals surface area (Å²) in [6, 6.07) is 0. The molecule has 0 radical (unpaired) electrons. The van der Waals surface area contributed by atoms with Gasteiger partial charge in [-0.15, -0.1) is 6.58 Å². The molecule has 2 aliphatic rings. The first-order valence-electron chi connectivity index (χ1n) is 9.04. The molecule has 148 valence electrons. The Morgan fingerprint density at radius 2 is 2.04 bits per heavy atom. The second kappa shape index (κ2) is 8.64. The summed E-state index contributed by atoms with van der Waals surface area (Å²) in [5.41, 5.74) is 0. The predicted molar refractivity (Wildman–Crippen MR) is 103 cm³/mol. The molecule has 0 bridgehead atoms. The van der Waals surface area contributed by atoms with E-state index in [0.29, 0.717) is 51.6 Å². The number of halogens is 1. The number of aromatic nitrogens is 2. The van der Waals surface area contributed by atoms with E-state index >= 15 is 0 Å². The van der Waals surface area contributed by atoms with Gasteiger partial charge in [-0.1, -0.05) is 6.08 Å². The van der Waals surface area contributed by atoms with Crippen LogP contribution in [0, 0.1) is 11.7 Å². The van der Waals surface area contributed by atoms with Gasteiger partial charge in [-0.2, -0.15) is 0 Å². The molecular formula is C17H25FN6O2S. The summed E-state index contributed by atoms with van der Waals surface area (Å²) in [5, 5.41) is 3.25. The number of nitrogens with one attached hydrogen (secondary N) is 1. The molecule has 0 amide bonds. The number of anilines is 1. The molecule has 0 aliphatic carbocycles.